The Bertz CT molecular complexity index is 794. The summed E-state index contributed by atoms with van der Waals surface area (Å²) in [6.07, 6.45) is 1.01. The van der Waals surface area contributed by atoms with E-state index in [-0.39, 0.29) is 0 Å². The maximum atomic E-state index is 13.1. The number of carbonyl (C=O) groups is 2. The molecule has 0 heterocycles. The number of halogens is 3. The molecule has 152 valence electrons. The van der Waals surface area contributed by atoms with Crippen molar-refractivity contribution in [2.75, 3.05) is 20.8 Å². The van der Waals surface area contributed by atoms with Gasteiger partial charge in [-0.25, -0.2) is 8.78 Å². The van der Waals surface area contributed by atoms with Crippen LogP contribution in [0, 0.1) is 18.6 Å². The Morgan fingerprint density at radius 1 is 1.11 bits per heavy atom. The molecule has 2 aromatic rings. The molecular weight excluding hydrogens is 436 g/mol. The first-order valence-corrected chi connectivity index (χ1v) is 9.17. The minimum absolute atomic E-state index is 0.441. The monoisotopic (exact) mass is 457 g/mol. The van der Waals surface area contributed by atoms with E-state index in [1.165, 1.54) is 11.1 Å². The molecule has 28 heavy (non-hydrogen) atoms. The van der Waals surface area contributed by atoms with E-state index in [2.05, 4.69) is 40.6 Å². The van der Waals surface area contributed by atoms with Gasteiger partial charge in [0.2, 0.25) is 0 Å². The minimum Gasteiger partial charge on any atom is -0.495 e. The van der Waals surface area contributed by atoms with E-state index in [9.17, 15) is 18.4 Å². The van der Waals surface area contributed by atoms with Gasteiger partial charge in [0.25, 0.3) is 5.91 Å². The fourth-order valence-electron chi connectivity index (χ4n) is 2.39. The summed E-state index contributed by atoms with van der Waals surface area (Å²) in [6.45, 7) is 3.80. The minimum atomic E-state index is -0.999. The fraction of sp³-hybridized carbons (Fsp3) is 0.300. The molecule has 8 heteroatoms. The van der Waals surface area contributed by atoms with Crippen LogP contribution in [0.4, 0.5) is 8.78 Å². The van der Waals surface area contributed by atoms with Crippen LogP contribution in [-0.2, 0) is 16.0 Å². The molecule has 0 aromatic heterocycles. The fourth-order valence-corrected chi connectivity index (χ4v) is 2.92. The average molecular weight is 458 g/mol. The largest absolute Gasteiger partial charge is 0.495 e. The summed E-state index contributed by atoms with van der Waals surface area (Å²) in [5, 5.41) is 2.04. The number of carbonyl (C=O) groups excluding carboxylic acids is 2. The Hall–Kier alpha value is -2.48. The molecule has 0 aliphatic heterocycles. The molecule has 0 fully saturated rings. The second-order valence-electron chi connectivity index (χ2n) is 5.59. The van der Waals surface area contributed by atoms with Gasteiger partial charge in [-0.05, 0) is 58.6 Å². The lowest BCUT2D eigenvalue weighted by atomic mass is 10.1. The van der Waals surface area contributed by atoms with Crippen molar-refractivity contribution in [1.82, 2.24) is 5.32 Å². The summed E-state index contributed by atoms with van der Waals surface area (Å²) in [7, 11) is 2.84. The number of methoxy groups -OCH3 is 2. The number of hydrogen-bond donors (Lipinski definition) is 1. The van der Waals surface area contributed by atoms with Crippen LogP contribution in [0.2, 0.25) is 0 Å². The third-order valence-electron chi connectivity index (χ3n) is 3.82. The van der Waals surface area contributed by atoms with Crippen molar-refractivity contribution in [3.8, 4) is 5.75 Å². The molecule has 0 spiro atoms. The summed E-state index contributed by atoms with van der Waals surface area (Å²) < 4.78 is 36.8. The molecular formula is C20H22BrF2NO4. The molecule has 1 N–H and O–H groups in total. The molecule has 0 bridgehead atoms. The number of aryl methyl sites for hydroxylation is 1. The van der Waals surface area contributed by atoms with E-state index in [1.807, 2.05) is 11.4 Å². The summed E-state index contributed by atoms with van der Waals surface area (Å²) in [5.41, 5.74) is 1.86. The van der Waals surface area contributed by atoms with Crippen LogP contribution < -0.4 is 10.1 Å². The first-order valence-electron chi connectivity index (χ1n) is 8.37. The van der Waals surface area contributed by atoms with Gasteiger partial charge in [0, 0.05) is 0 Å². The predicted octanol–water partition coefficient (Wildman–Crippen LogP) is 4.20. The number of benzene rings is 2. The van der Waals surface area contributed by atoms with Crippen molar-refractivity contribution < 1.29 is 27.8 Å². The van der Waals surface area contributed by atoms with E-state index in [0.29, 0.717) is 0 Å². The van der Waals surface area contributed by atoms with Crippen molar-refractivity contribution in [2.45, 2.75) is 20.3 Å². The van der Waals surface area contributed by atoms with Crippen LogP contribution in [0.5, 0.6) is 5.75 Å². The summed E-state index contributed by atoms with van der Waals surface area (Å²) in [6, 6.07) is 7.17. The highest BCUT2D eigenvalue weighted by Gasteiger charge is 2.17. The lowest BCUT2D eigenvalue weighted by Gasteiger charge is -2.11. The number of ether oxygens (including phenoxy) is 2. The van der Waals surface area contributed by atoms with E-state index in [1.54, 1.807) is 7.11 Å². The molecule has 2 aromatic carbocycles. The molecule has 0 aliphatic carbocycles. The van der Waals surface area contributed by atoms with Crippen LogP contribution in [-0.4, -0.2) is 32.6 Å². The molecule has 0 saturated carbocycles. The molecule has 5 nitrogen and oxygen atoms in total. The first kappa shape index (κ1) is 23.6. The standard InChI is InChI=1S/C10H13BrO.C10H9F2NO3/c1-4-8-7(2)5-6-9(11)10(8)12-3;1-16-8(14)5-13-10(15)9-6(11)3-2-4-7(9)12/h5-6H,4H2,1-3H3;2-4H,5H2,1H3,(H,13,15). The maximum Gasteiger partial charge on any atom is 0.325 e. The molecule has 0 saturated heterocycles. The quantitative estimate of drug-likeness (QED) is 0.683. The third kappa shape index (κ3) is 6.30. The van der Waals surface area contributed by atoms with E-state index in [0.717, 1.165) is 42.0 Å². The van der Waals surface area contributed by atoms with Gasteiger partial charge in [-0.15, -0.1) is 0 Å². The van der Waals surface area contributed by atoms with Crippen LogP contribution in [0.1, 0.15) is 28.4 Å². The van der Waals surface area contributed by atoms with Crippen LogP contribution in [0.25, 0.3) is 0 Å². The van der Waals surface area contributed by atoms with Crippen LogP contribution in [0.3, 0.4) is 0 Å². The smallest absolute Gasteiger partial charge is 0.325 e. The average Bonchev–Trinajstić information content (AvgIpc) is 2.67. The van der Waals surface area contributed by atoms with Gasteiger partial charge in [-0.1, -0.05) is 19.1 Å². The molecule has 0 atom stereocenters. The Labute approximate surface area is 171 Å². The van der Waals surface area contributed by atoms with Gasteiger partial charge < -0.3 is 14.8 Å². The number of amides is 1. The zero-order valence-corrected chi connectivity index (χ0v) is 17.7. The lowest BCUT2D eigenvalue weighted by Crippen LogP contribution is -2.31. The normalized spacial score (nSPS) is 9.82. The molecule has 1 amide bonds. The van der Waals surface area contributed by atoms with E-state index in [4.69, 9.17) is 4.74 Å². The van der Waals surface area contributed by atoms with Gasteiger partial charge in [-0.2, -0.15) is 0 Å². The van der Waals surface area contributed by atoms with E-state index < -0.39 is 35.6 Å². The number of esters is 1. The number of rotatable bonds is 5. The zero-order chi connectivity index (χ0) is 21.3. The highest BCUT2D eigenvalue weighted by molar-refractivity contribution is 9.10. The predicted molar refractivity (Wildman–Crippen MR) is 106 cm³/mol. The summed E-state index contributed by atoms with van der Waals surface area (Å²) >= 11 is 3.46. The first-order chi connectivity index (χ1) is 13.3. The second kappa shape index (κ2) is 11.4. The van der Waals surface area contributed by atoms with Gasteiger partial charge in [0.15, 0.2) is 0 Å². The summed E-state index contributed by atoms with van der Waals surface area (Å²) in [4.78, 5) is 22.0. The molecule has 2 rings (SSSR count). The number of hydrogen-bond acceptors (Lipinski definition) is 4. The van der Waals surface area contributed by atoms with Crippen molar-refractivity contribution in [1.29, 1.82) is 0 Å². The Morgan fingerprint density at radius 2 is 1.71 bits per heavy atom. The zero-order valence-electron chi connectivity index (χ0n) is 16.1. The van der Waals surface area contributed by atoms with Gasteiger partial charge in [0.1, 0.15) is 29.5 Å². The maximum absolute atomic E-state index is 13.1. The third-order valence-corrected chi connectivity index (χ3v) is 4.44. The Balaban J connectivity index is 0.000000292. The topological polar surface area (TPSA) is 64.6 Å². The van der Waals surface area contributed by atoms with Crippen molar-refractivity contribution in [3.05, 3.63) is 63.1 Å². The van der Waals surface area contributed by atoms with Crippen molar-refractivity contribution in [2.24, 2.45) is 0 Å². The summed E-state index contributed by atoms with van der Waals surface area (Å²) in [5.74, 6) is -2.70. The Morgan fingerprint density at radius 3 is 2.18 bits per heavy atom. The van der Waals surface area contributed by atoms with Gasteiger partial charge >= 0.3 is 5.97 Å². The highest BCUT2D eigenvalue weighted by Crippen LogP contribution is 2.31. The Kier molecular flexibility index (Phi) is 9.58. The SMILES string of the molecule is CCc1c(C)ccc(Br)c1OC.COC(=O)CNC(=O)c1c(F)cccc1F. The number of nitrogens with one attached hydrogen (secondary N) is 1. The van der Waals surface area contributed by atoms with Gasteiger partial charge in [0.05, 0.1) is 18.7 Å². The molecule has 0 radical (unpaired) electrons. The molecule has 0 unspecified atom stereocenters. The highest BCUT2D eigenvalue weighted by atomic mass is 79.9. The van der Waals surface area contributed by atoms with Crippen molar-refractivity contribution in [3.63, 3.8) is 0 Å². The molecule has 0 aliphatic rings. The van der Waals surface area contributed by atoms with Crippen molar-refractivity contribution >= 4 is 27.8 Å². The lowest BCUT2D eigenvalue weighted by molar-refractivity contribution is -0.139. The second-order valence-corrected chi connectivity index (χ2v) is 6.44. The van der Waals surface area contributed by atoms with E-state index >= 15 is 0 Å². The van der Waals surface area contributed by atoms with Gasteiger partial charge in [-0.3, -0.25) is 9.59 Å². The van der Waals surface area contributed by atoms with Crippen LogP contribution in [0.15, 0.2) is 34.8 Å². The van der Waals surface area contributed by atoms with Crippen LogP contribution >= 0.6 is 15.9 Å².